The summed E-state index contributed by atoms with van der Waals surface area (Å²) in [7, 11) is 3.25. The number of nitrogens with zero attached hydrogens (tertiary/aromatic N) is 3. The van der Waals surface area contributed by atoms with E-state index in [9.17, 15) is 0 Å². The monoisotopic (exact) mass is 376 g/mol. The third-order valence-electron chi connectivity index (χ3n) is 4.33. The summed E-state index contributed by atoms with van der Waals surface area (Å²) in [6, 6.07) is 15.7. The molecule has 0 saturated carbocycles. The minimum Gasteiger partial charge on any atom is -0.496 e. The van der Waals surface area contributed by atoms with E-state index in [2.05, 4.69) is 39.6 Å². The lowest BCUT2D eigenvalue weighted by atomic mass is 10.1. The zero-order chi connectivity index (χ0) is 20.1. The normalized spacial score (nSPS) is 11.2. The second kappa shape index (κ2) is 8.52. The van der Waals surface area contributed by atoms with Crippen LogP contribution in [0.2, 0.25) is 0 Å². The fraction of sp³-hybridized carbons (Fsp3) is 0.227. The maximum atomic E-state index is 5.50. The zero-order valence-corrected chi connectivity index (χ0v) is 16.8. The van der Waals surface area contributed by atoms with Crippen LogP contribution in [-0.4, -0.2) is 29.9 Å². The number of nitrogens with one attached hydrogen (secondary N) is 1. The fourth-order valence-corrected chi connectivity index (χ4v) is 2.86. The van der Waals surface area contributed by atoms with Crippen molar-refractivity contribution >= 4 is 11.5 Å². The molecule has 0 fully saturated rings. The van der Waals surface area contributed by atoms with E-state index in [0.717, 1.165) is 16.8 Å². The second-order valence-corrected chi connectivity index (χ2v) is 6.40. The number of hydrogen-bond acceptors (Lipinski definition) is 6. The molecule has 0 aliphatic heterocycles. The molecule has 144 valence electrons. The molecular weight excluding hydrogens is 352 g/mol. The molecule has 0 radical (unpaired) electrons. The van der Waals surface area contributed by atoms with Gasteiger partial charge in [-0.15, -0.1) is 0 Å². The van der Waals surface area contributed by atoms with Gasteiger partial charge in [0.1, 0.15) is 17.3 Å². The van der Waals surface area contributed by atoms with E-state index in [-0.39, 0.29) is 0 Å². The first kappa shape index (κ1) is 19.4. The van der Waals surface area contributed by atoms with Crippen molar-refractivity contribution < 1.29 is 9.47 Å². The first-order chi connectivity index (χ1) is 13.5. The first-order valence-electron chi connectivity index (χ1n) is 8.96. The molecule has 1 heterocycles. The van der Waals surface area contributed by atoms with Crippen molar-refractivity contribution in [3.05, 3.63) is 65.5 Å². The van der Waals surface area contributed by atoms with Gasteiger partial charge in [-0.3, -0.25) is 5.43 Å². The highest BCUT2D eigenvalue weighted by Crippen LogP contribution is 2.37. The SMILES string of the molecule is COc1cccc(OC)c1-c1cc(N/N=C(/C)c2ccc(C)cc2)nc(C)n1. The maximum Gasteiger partial charge on any atom is 0.150 e. The summed E-state index contributed by atoms with van der Waals surface area (Å²) < 4.78 is 11.0. The molecule has 0 aliphatic rings. The Labute approximate surface area is 165 Å². The summed E-state index contributed by atoms with van der Waals surface area (Å²) in [6.07, 6.45) is 0. The standard InChI is InChI=1S/C22H24N4O2/c1-14-9-11-17(12-10-14)15(2)25-26-21-13-18(23-16(3)24-21)22-19(27-4)7-6-8-20(22)28-5/h6-13H,1-5H3,(H,23,24,26)/b25-15-. The summed E-state index contributed by atoms with van der Waals surface area (Å²) in [5.74, 6) is 2.59. The van der Waals surface area contributed by atoms with Gasteiger partial charge in [-0.1, -0.05) is 35.9 Å². The second-order valence-electron chi connectivity index (χ2n) is 6.40. The summed E-state index contributed by atoms with van der Waals surface area (Å²) >= 11 is 0. The van der Waals surface area contributed by atoms with Crippen molar-refractivity contribution in [2.24, 2.45) is 5.10 Å². The van der Waals surface area contributed by atoms with Crippen molar-refractivity contribution in [2.45, 2.75) is 20.8 Å². The van der Waals surface area contributed by atoms with Gasteiger partial charge < -0.3 is 9.47 Å². The highest BCUT2D eigenvalue weighted by atomic mass is 16.5. The number of ether oxygens (including phenoxy) is 2. The molecule has 6 heteroatoms. The molecular formula is C22H24N4O2. The summed E-state index contributed by atoms with van der Waals surface area (Å²) in [5.41, 5.74) is 7.65. The van der Waals surface area contributed by atoms with E-state index in [1.54, 1.807) is 14.2 Å². The lowest BCUT2D eigenvalue weighted by Gasteiger charge is -2.13. The van der Waals surface area contributed by atoms with E-state index >= 15 is 0 Å². The molecule has 0 amide bonds. The van der Waals surface area contributed by atoms with Crippen LogP contribution in [0, 0.1) is 13.8 Å². The largest absolute Gasteiger partial charge is 0.496 e. The van der Waals surface area contributed by atoms with Gasteiger partial charge in [0.15, 0.2) is 5.82 Å². The number of methoxy groups -OCH3 is 2. The van der Waals surface area contributed by atoms with E-state index in [4.69, 9.17) is 9.47 Å². The van der Waals surface area contributed by atoms with Crippen LogP contribution in [0.5, 0.6) is 11.5 Å². The molecule has 28 heavy (non-hydrogen) atoms. The van der Waals surface area contributed by atoms with Crippen LogP contribution < -0.4 is 14.9 Å². The molecule has 0 saturated heterocycles. The average Bonchev–Trinajstić information content (AvgIpc) is 2.71. The molecule has 0 spiro atoms. The molecule has 0 bridgehead atoms. The van der Waals surface area contributed by atoms with Crippen LogP contribution in [0.4, 0.5) is 5.82 Å². The molecule has 1 aromatic heterocycles. The van der Waals surface area contributed by atoms with Crippen LogP contribution in [0.25, 0.3) is 11.3 Å². The molecule has 3 rings (SSSR count). The Morgan fingerprint density at radius 3 is 2.18 bits per heavy atom. The Morgan fingerprint density at radius 1 is 0.929 bits per heavy atom. The summed E-state index contributed by atoms with van der Waals surface area (Å²) in [5, 5.41) is 4.47. The molecule has 2 aromatic carbocycles. The number of benzene rings is 2. The topological polar surface area (TPSA) is 68.6 Å². The minimum absolute atomic E-state index is 0.599. The lowest BCUT2D eigenvalue weighted by molar-refractivity contribution is 0.397. The smallest absolute Gasteiger partial charge is 0.150 e. The van der Waals surface area contributed by atoms with E-state index in [0.29, 0.717) is 28.8 Å². The fourth-order valence-electron chi connectivity index (χ4n) is 2.86. The van der Waals surface area contributed by atoms with Crippen LogP contribution in [0.15, 0.2) is 53.6 Å². The first-order valence-corrected chi connectivity index (χ1v) is 8.96. The van der Waals surface area contributed by atoms with Gasteiger partial charge in [0.25, 0.3) is 0 Å². The van der Waals surface area contributed by atoms with Crippen molar-refractivity contribution in [2.75, 3.05) is 19.6 Å². The van der Waals surface area contributed by atoms with Crippen molar-refractivity contribution in [3.8, 4) is 22.8 Å². The van der Waals surface area contributed by atoms with Gasteiger partial charge in [0, 0.05) is 6.07 Å². The van der Waals surface area contributed by atoms with Crippen molar-refractivity contribution in [1.82, 2.24) is 9.97 Å². The Hall–Kier alpha value is -3.41. The van der Waals surface area contributed by atoms with E-state index < -0.39 is 0 Å². The van der Waals surface area contributed by atoms with Gasteiger partial charge in [-0.05, 0) is 38.5 Å². The van der Waals surface area contributed by atoms with Gasteiger partial charge >= 0.3 is 0 Å². The number of hydrazone groups is 1. The van der Waals surface area contributed by atoms with Crippen LogP contribution in [-0.2, 0) is 0 Å². The molecule has 0 unspecified atom stereocenters. The molecule has 6 nitrogen and oxygen atoms in total. The Bertz CT molecular complexity index is 976. The zero-order valence-electron chi connectivity index (χ0n) is 16.8. The number of rotatable bonds is 6. The molecule has 3 aromatic rings. The lowest BCUT2D eigenvalue weighted by Crippen LogP contribution is -2.03. The highest BCUT2D eigenvalue weighted by Gasteiger charge is 2.15. The van der Waals surface area contributed by atoms with Gasteiger partial charge in [0.2, 0.25) is 0 Å². The Morgan fingerprint density at radius 2 is 1.57 bits per heavy atom. The Kier molecular flexibility index (Phi) is 5.89. The number of aryl methyl sites for hydroxylation is 2. The van der Waals surface area contributed by atoms with Crippen LogP contribution in [0.1, 0.15) is 23.9 Å². The summed E-state index contributed by atoms with van der Waals surface area (Å²) in [4.78, 5) is 9.00. The molecule has 1 N–H and O–H groups in total. The maximum absolute atomic E-state index is 5.50. The molecule has 0 aliphatic carbocycles. The van der Waals surface area contributed by atoms with Crippen molar-refractivity contribution in [1.29, 1.82) is 0 Å². The van der Waals surface area contributed by atoms with Gasteiger partial charge in [-0.25, -0.2) is 9.97 Å². The minimum atomic E-state index is 0.599. The predicted molar refractivity (Wildman–Crippen MR) is 112 cm³/mol. The van der Waals surface area contributed by atoms with Crippen LogP contribution in [0.3, 0.4) is 0 Å². The average molecular weight is 376 g/mol. The van der Waals surface area contributed by atoms with E-state index in [1.807, 2.05) is 50.2 Å². The number of hydrogen-bond donors (Lipinski definition) is 1. The highest BCUT2D eigenvalue weighted by molar-refractivity contribution is 5.99. The van der Waals surface area contributed by atoms with Gasteiger partial charge in [0.05, 0.1) is 31.2 Å². The Balaban J connectivity index is 1.95. The third-order valence-corrected chi connectivity index (χ3v) is 4.33. The molecule has 0 atom stereocenters. The van der Waals surface area contributed by atoms with Crippen molar-refractivity contribution in [3.63, 3.8) is 0 Å². The van der Waals surface area contributed by atoms with Crippen LogP contribution >= 0.6 is 0 Å². The van der Waals surface area contributed by atoms with E-state index in [1.165, 1.54) is 5.56 Å². The van der Waals surface area contributed by atoms with Gasteiger partial charge in [-0.2, -0.15) is 5.10 Å². The number of aromatic nitrogens is 2. The third kappa shape index (κ3) is 4.28. The predicted octanol–water partition coefficient (Wildman–Crippen LogP) is 4.61. The number of anilines is 1. The summed E-state index contributed by atoms with van der Waals surface area (Å²) in [6.45, 7) is 5.86. The quantitative estimate of drug-likeness (QED) is 0.502.